The first kappa shape index (κ1) is 14.5. The molecule has 0 saturated heterocycles. The molecule has 22 heavy (non-hydrogen) atoms. The zero-order valence-corrected chi connectivity index (χ0v) is 13.0. The fourth-order valence-electron chi connectivity index (χ4n) is 2.15. The van der Waals surface area contributed by atoms with Gasteiger partial charge < -0.3 is 5.32 Å². The molecule has 0 saturated carbocycles. The predicted molar refractivity (Wildman–Crippen MR) is 85.8 cm³/mol. The third-order valence-corrected chi connectivity index (χ3v) is 4.40. The van der Waals surface area contributed by atoms with Crippen molar-refractivity contribution in [3.05, 3.63) is 70.4 Å². The zero-order valence-electron chi connectivity index (χ0n) is 12.1. The maximum absolute atomic E-state index is 12.2. The molecule has 0 unspecified atom stereocenters. The molecule has 0 bridgehead atoms. The first-order valence-corrected chi connectivity index (χ1v) is 7.86. The lowest BCUT2D eigenvalue weighted by molar-refractivity contribution is 0.0940. The van der Waals surface area contributed by atoms with Crippen LogP contribution in [-0.2, 0) is 6.54 Å². The monoisotopic (exact) mass is 312 g/mol. The summed E-state index contributed by atoms with van der Waals surface area (Å²) in [5, 5.41) is 9.08. The topological polar surface area (TPSA) is 59.8 Å². The van der Waals surface area contributed by atoms with Gasteiger partial charge in [-0.05, 0) is 36.1 Å². The Morgan fingerprint density at radius 1 is 1.32 bits per heavy atom. The molecule has 2 heterocycles. The molecule has 5 nitrogen and oxygen atoms in total. The third-order valence-electron chi connectivity index (χ3n) is 3.34. The maximum Gasteiger partial charge on any atom is 0.251 e. The second-order valence-electron chi connectivity index (χ2n) is 5.00. The van der Waals surface area contributed by atoms with E-state index in [0.29, 0.717) is 12.1 Å². The first-order chi connectivity index (χ1) is 10.7. The molecular formula is C16H16N4OS. The van der Waals surface area contributed by atoms with Crippen LogP contribution in [0.4, 0.5) is 0 Å². The summed E-state index contributed by atoms with van der Waals surface area (Å²) in [4.78, 5) is 17.3. The van der Waals surface area contributed by atoms with Gasteiger partial charge in [0.1, 0.15) is 12.7 Å². The van der Waals surface area contributed by atoms with Gasteiger partial charge in [-0.1, -0.05) is 18.2 Å². The van der Waals surface area contributed by atoms with E-state index in [4.69, 9.17) is 0 Å². The minimum Gasteiger partial charge on any atom is -0.345 e. The number of benzene rings is 1. The second-order valence-corrected chi connectivity index (χ2v) is 5.98. The minimum atomic E-state index is -0.0618. The van der Waals surface area contributed by atoms with Gasteiger partial charge in [0.2, 0.25) is 0 Å². The second kappa shape index (κ2) is 6.53. The molecular weight excluding hydrogens is 296 g/mol. The van der Waals surface area contributed by atoms with Crippen LogP contribution in [0.5, 0.6) is 0 Å². The van der Waals surface area contributed by atoms with Crippen molar-refractivity contribution in [1.82, 2.24) is 20.1 Å². The Balaban J connectivity index is 1.63. The highest BCUT2D eigenvalue weighted by Crippen LogP contribution is 2.18. The highest BCUT2D eigenvalue weighted by Gasteiger charge is 2.12. The van der Waals surface area contributed by atoms with Crippen molar-refractivity contribution in [3.63, 3.8) is 0 Å². The molecule has 0 aliphatic heterocycles. The summed E-state index contributed by atoms with van der Waals surface area (Å²) in [6, 6.07) is 11.6. The molecule has 1 N–H and O–H groups in total. The summed E-state index contributed by atoms with van der Waals surface area (Å²) in [5.74, 6) is -0.0618. The Hall–Kier alpha value is -2.47. The number of carbonyl (C=O) groups excluding carboxylic acids is 1. The van der Waals surface area contributed by atoms with Gasteiger partial charge in [-0.2, -0.15) is 5.10 Å². The fourth-order valence-corrected chi connectivity index (χ4v) is 2.89. The minimum absolute atomic E-state index is 0.0160. The Labute approximate surface area is 132 Å². The van der Waals surface area contributed by atoms with E-state index in [-0.39, 0.29) is 11.9 Å². The predicted octanol–water partition coefficient (Wildman–Crippen LogP) is 2.88. The fraction of sp³-hybridized carbons (Fsp3) is 0.188. The molecule has 3 aromatic rings. The highest BCUT2D eigenvalue weighted by molar-refractivity contribution is 7.10. The number of hydrogen-bond donors (Lipinski definition) is 1. The van der Waals surface area contributed by atoms with Gasteiger partial charge in [0.15, 0.2) is 0 Å². The quantitative estimate of drug-likeness (QED) is 0.788. The molecule has 2 aromatic heterocycles. The molecule has 1 amide bonds. The first-order valence-electron chi connectivity index (χ1n) is 6.98. The zero-order chi connectivity index (χ0) is 15.4. The van der Waals surface area contributed by atoms with Crippen LogP contribution in [-0.4, -0.2) is 20.7 Å². The van der Waals surface area contributed by atoms with Crippen molar-refractivity contribution in [2.75, 3.05) is 0 Å². The van der Waals surface area contributed by atoms with E-state index in [1.165, 1.54) is 6.33 Å². The SMILES string of the molecule is C[C@H](NC(=O)c1ccc(Cn2cncn2)cc1)c1cccs1. The van der Waals surface area contributed by atoms with E-state index in [1.54, 1.807) is 22.3 Å². The Morgan fingerprint density at radius 3 is 2.77 bits per heavy atom. The van der Waals surface area contributed by atoms with Crippen molar-refractivity contribution in [3.8, 4) is 0 Å². The van der Waals surface area contributed by atoms with E-state index in [1.807, 2.05) is 48.7 Å². The molecule has 0 radical (unpaired) electrons. The number of carbonyl (C=O) groups is 1. The normalized spacial score (nSPS) is 12.0. The smallest absolute Gasteiger partial charge is 0.251 e. The number of rotatable bonds is 5. The molecule has 3 rings (SSSR count). The summed E-state index contributed by atoms with van der Waals surface area (Å²) >= 11 is 1.64. The van der Waals surface area contributed by atoms with Gasteiger partial charge >= 0.3 is 0 Å². The molecule has 6 heteroatoms. The molecule has 0 fully saturated rings. The van der Waals surface area contributed by atoms with Crippen LogP contribution >= 0.6 is 11.3 Å². The van der Waals surface area contributed by atoms with Crippen molar-refractivity contribution in [1.29, 1.82) is 0 Å². The Morgan fingerprint density at radius 2 is 2.14 bits per heavy atom. The number of thiophene rings is 1. The van der Waals surface area contributed by atoms with E-state index in [9.17, 15) is 4.79 Å². The Bertz CT molecular complexity index is 720. The van der Waals surface area contributed by atoms with Gasteiger partial charge in [-0.3, -0.25) is 4.79 Å². The van der Waals surface area contributed by atoms with Crippen LogP contribution in [0.25, 0.3) is 0 Å². The standard InChI is InChI=1S/C16H16N4OS/c1-12(15-3-2-8-22-15)19-16(21)14-6-4-13(5-7-14)9-20-11-17-10-18-20/h2-8,10-12H,9H2,1H3,(H,19,21)/t12-/m0/s1. The molecule has 0 aliphatic carbocycles. The van der Waals surface area contributed by atoms with E-state index >= 15 is 0 Å². The molecule has 1 atom stereocenters. The van der Waals surface area contributed by atoms with Crippen LogP contribution in [0.2, 0.25) is 0 Å². The average Bonchev–Trinajstić information content (AvgIpc) is 3.21. The lowest BCUT2D eigenvalue weighted by Crippen LogP contribution is -2.26. The van der Waals surface area contributed by atoms with Crippen LogP contribution in [0.3, 0.4) is 0 Å². The summed E-state index contributed by atoms with van der Waals surface area (Å²) in [5.41, 5.74) is 1.74. The van der Waals surface area contributed by atoms with Crippen molar-refractivity contribution in [2.45, 2.75) is 19.5 Å². The van der Waals surface area contributed by atoms with Gasteiger partial charge in [0.25, 0.3) is 5.91 Å². The van der Waals surface area contributed by atoms with Crippen molar-refractivity contribution in [2.24, 2.45) is 0 Å². The van der Waals surface area contributed by atoms with Gasteiger partial charge in [-0.15, -0.1) is 11.3 Å². The van der Waals surface area contributed by atoms with E-state index in [0.717, 1.165) is 10.4 Å². The Kier molecular flexibility index (Phi) is 4.29. The third kappa shape index (κ3) is 3.40. The lowest BCUT2D eigenvalue weighted by atomic mass is 10.1. The van der Waals surface area contributed by atoms with Crippen molar-refractivity contribution >= 4 is 17.2 Å². The van der Waals surface area contributed by atoms with Crippen LogP contribution in [0.1, 0.15) is 33.8 Å². The van der Waals surface area contributed by atoms with Crippen LogP contribution in [0, 0.1) is 0 Å². The summed E-state index contributed by atoms with van der Waals surface area (Å²) in [6.45, 7) is 2.64. The van der Waals surface area contributed by atoms with Gasteiger partial charge in [0.05, 0.1) is 12.6 Å². The van der Waals surface area contributed by atoms with Crippen LogP contribution in [0.15, 0.2) is 54.4 Å². The largest absolute Gasteiger partial charge is 0.345 e. The molecule has 0 aliphatic rings. The average molecular weight is 312 g/mol. The number of nitrogens with one attached hydrogen (secondary N) is 1. The summed E-state index contributed by atoms with van der Waals surface area (Å²) < 4.78 is 1.74. The summed E-state index contributed by atoms with van der Waals surface area (Å²) in [7, 11) is 0. The molecule has 1 aromatic carbocycles. The van der Waals surface area contributed by atoms with E-state index in [2.05, 4.69) is 15.4 Å². The molecule has 0 spiro atoms. The summed E-state index contributed by atoms with van der Waals surface area (Å²) in [6.07, 6.45) is 3.18. The van der Waals surface area contributed by atoms with Crippen molar-refractivity contribution < 1.29 is 4.79 Å². The number of nitrogens with zero attached hydrogens (tertiary/aromatic N) is 3. The number of aromatic nitrogens is 3. The number of hydrogen-bond acceptors (Lipinski definition) is 4. The van der Waals surface area contributed by atoms with Crippen LogP contribution < -0.4 is 5.32 Å². The maximum atomic E-state index is 12.2. The molecule has 112 valence electrons. The van der Waals surface area contributed by atoms with E-state index < -0.39 is 0 Å². The number of amides is 1. The lowest BCUT2D eigenvalue weighted by Gasteiger charge is -2.12. The highest BCUT2D eigenvalue weighted by atomic mass is 32.1. The van der Waals surface area contributed by atoms with Gasteiger partial charge in [-0.25, -0.2) is 9.67 Å². The van der Waals surface area contributed by atoms with Gasteiger partial charge in [0, 0.05) is 10.4 Å².